The van der Waals surface area contributed by atoms with Gasteiger partial charge in [-0.05, 0) is 39.7 Å². The third kappa shape index (κ3) is 1.72. The number of benzene rings is 3. The van der Waals surface area contributed by atoms with Crippen LogP contribution >= 0.6 is 0 Å². The van der Waals surface area contributed by atoms with Gasteiger partial charge in [-0.3, -0.25) is 0 Å². The van der Waals surface area contributed by atoms with Gasteiger partial charge in [-0.2, -0.15) is 13.2 Å². The molecule has 3 rings (SSSR count). The lowest BCUT2D eigenvalue weighted by Crippen LogP contribution is -2.05. The maximum absolute atomic E-state index is 12.9. The van der Waals surface area contributed by atoms with Crippen LogP contribution in [0.2, 0.25) is 0 Å². The van der Waals surface area contributed by atoms with Crippen molar-refractivity contribution in [2.24, 2.45) is 0 Å². The molecule has 3 heteroatoms. The zero-order valence-electron chi connectivity index (χ0n) is 9.33. The fourth-order valence-electron chi connectivity index (χ4n) is 2.21. The number of hydrogen-bond donors (Lipinski definition) is 0. The van der Waals surface area contributed by atoms with Crippen LogP contribution in [0.4, 0.5) is 13.2 Å². The van der Waals surface area contributed by atoms with Gasteiger partial charge in [0, 0.05) is 0 Å². The molecular formula is C15H9F3. The molecule has 0 nitrogen and oxygen atoms in total. The van der Waals surface area contributed by atoms with Crippen LogP contribution in [0.25, 0.3) is 21.5 Å². The van der Waals surface area contributed by atoms with Gasteiger partial charge in [-0.15, -0.1) is 0 Å². The lowest BCUT2D eigenvalue weighted by atomic mass is 9.99. The van der Waals surface area contributed by atoms with Crippen LogP contribution in [0, 0.1) is 0 Å². The van der Waals surface area contributed by atoms with Gasteiger partial charge >= 0.3 is 6.18 Å². The minimum Gasteiger partial charge on any atom is -0.166 e. The predicted octanol–water partition coefficient (Wildman–Crippen LogP) is 5.01. The van der Waals surface area contributed by atoms with Gasteiger partial charge in [0.2, 0.25) is 0 Å². The van der Waals surface area contributed by atoms with E-state index in [4.69, 9.17) is 0 Å². The Kier molecular flexibility index (Phi) is 2.30. The van der Waals surface area contributed by atoms with E-state index >= 15 is 0 Å². The van der Waals surface area contributed by atoms with Crippen molar-refractivity contribution in [3.8, 4) is 0 Å². The molecule has 0 radical (unpaired) electrons. The van der Waals surface area contributed by atoms with Crippen LogP contribution in [-0.2, 0) is 6.18 Å². The fourth-order valence-corrected chi connectivity index (χ4v) is 2.21. The average molecular weight is 246 g/mol. The van der Waals surface area contributed by atoms with Crippen molar-refractivity contribution in [2.75, 3.05) is 0 Å². The van der Waals surface area contributed by atoms with Crippen molar-refractivity contribution in [2.45, 2.75) is 6.18 Å². The van der Waals surface area contributed by atoms with E-state index in [0.29, 0.717) is 5.39 Å². The van der Waals surface area contributed by atoms with E-state index in [-0.39, 0.29) is 5.39 Å². The van der Waals surface area contributed by atoms with Crippen LogP contribution in [0.3, 0.4) is 0 Å². The van der Waals surface area contributed by atoms with Crippen molar-refractivity contribution >= 4 is 21.5 Å². The summed E-state index contributed by atoms with van der Waals surface area (Å²) < 4.78 is 38.8. The lowest BCUT2D eigenvalue weighted by Gasteiger charge is -2.11. The smallest absolute Gasteiger partial charge is 0.166 e. The topological polar surface area (TPSA) is 0 Å². The van der Waals surface area contributed by atoms with E-state index < -0.39 is 11.7 Å². The molecule has 0 bridgehead atoms. The van der Waals surface area contributed by atoms with Crippen molar-refractivity contribution in [3.05, 3.63) is 60.2 Å². The van der Waals surface area contributed by atoms with E-state index in [1.54, 1.807) is 18.2 Å². The highest BCUT2D eigenvalue weighted by Gasteiger charge is 2.32. The first-order valence-corrected chi connectivity index (χ1v) is 5.54. The summed E-state index contributed by atoms with van der Waals surface area (Å²) >= 11 is 0. The molecule has 0 heterocycles. The predicted molar refractivity (Wildman–Crippen MR) is 66.5 cm³/mol. The highest BCUT2D eigenvalue weighted by atomic mass is 19.4. The Balaban J connectivity index is 2.44. The van der Waals surface area contributed by atoms with Crippen molar-refractivity contribution in [1.82, 2.24) is 0 Å². The summed E-state index contributed by atoms with van der Waals surface area (Å²) in [6.45, 7) is 0. The summed E-state index contributed by atoms with van der Waals surface area (Å²) in [5.41, 5.74) is -0.578. The summed E-state index contributed by atoms with van der Waals surface area (Å²) in [5, 5.41) is 2.64. The normalized spacial score (nSPS) is 12.2. The third-order valence-corrected chi connectivity index (χ3v) is 3.05. The number of alkyl halides is 3. The minimum atomic E-state index is -4.32. The van der Waals surface area contributed by atoms with Gasteiger partial charge in [0.15, 0.2) is 0 Å². The molecule has 0 aromatic heterocycles. The summed E-state index contributed by atoms with van der Waals surface area (Å²) in [6.07, 6.45) is -4.32. The first-order chi connectivity index (χ1) is 8.55. The molecule has 0 fully saturated rings. The Labute approximate surface area is 102 Å². The van der Waals surface area contributed by atoms with Crippen molar-refractivity contribution in [1.29, 1.82) is 0 Å². The monoisotopic (exact) mass is 246 g/mol. The largest absolute Gasteiger partial charge is 0.417 e. The van der Waals surface area contributed by atoms with E-state index in [1.165, 1.54) is 6.07 Å². The number of hydrogen-bond acceptors (Lipinski definition) is 0. The SMILES string of the molecule is FC(F)(F)c1cccc2cc3ccccc3cc12. The van der Waals surface area contributed by atoms with Crippen LogP contribution in [0.15, 0.2) is 54.6 Å². The van der Waals surface area contributed by atoms with Crippen LogP contribution in [-0.4, -0.2) is 0 Å². The molecule has 3 aromatic rings. The number of rotatable bonds is 0. The quantitative estimate of drug-likeness (QED) is 0.489. The highest BCUT2D eigenvalue weighted by Crippen LogP contribution is 2.36. The van der Waals surface area contributed by atoms with Gasteiger partial charge in [0.05, 0.1) is 5.56 Å². The lowest BCUT2D eigenvalue weighted by molar-refractivity contribution is -0.136. The Morgan fingerprint density at radius 2 is 1.28 bits per heavy atom. The van der Waals surface area contributed by atoms with E-state index in [2.05, 4.69) is 0 Å². The molecular weight excluding hydrogens is 237 g/mol. The summed E-state index contributed by atoms with van der Waals surface area (Å²) in [4.78, 5) is 0. The summed E-state index contributed by atoms with van der Waals surface area (Å²) in [6, 6.07) is 15.1. The average Bonchev–Trinajstić information content (AvgIpc) is 2.34. The van der Waals surface area contributed by atoms with Gasteiger partial charge < -0.3 is 0 Å². The second kappa shape index (κ2) is 3.73. The second-order valence-electron chi connectivity index (χ2n) is 4.22. The molecule has 0 unspecified atom stereocenters. The standard InChI is InChI=1S/C15H9F3/c16-15(17,18)14-7-3-6-12-8-10-4-1-2-5-11(10)9-13(12)14/h1-9H. The summed E-state index contributed by atoms with van der Waals surface area (Å²) in [5.74, 6) is 0. The van der Waals surface area contributed by atoms with Gasteiger partial charge in [-0.25, -0.2) is 0 Å². The molecule has 90 valence electrons. The minimum absolute atomic E-state index is 0.253. The second-order valence-corrected chi connectivity index (χ2v) is 4.22. The van der Waals surface area contributed by atoms with E-state index in [0.717, 1.165) is 16.8 Å². The van der Waals surface area contributed by atoms with Crippen molar-refractivity contribution in [3.63, 3.8) is 0 Å². The van der Waals surface area contributed by atoms with E-state index in [1.807, 2.05) is 24.3 Å². The highest BCUT2D eigenvalue weighted by molar-refractivity contribution is 5.99. The number of halogens is 3. The Morgan fingerprint density at radius 3 is 1.94 bits per heavy atom. The fraction of sp³-hybridized carbons (Fsp3) is 0.0667. The molecule has 0 spiro atoms. The molecule has 3 aromatic carbocycles. The molecule has 18 heavy (non-hydrogen) atoms. The molecule has 0 saturated carbocycles. The Hall–Kier alpha value is -2.03. The van der Waals surface area contributed by atoms with Gasteiger partial charge in [0.1, 0.15) is 0 Å². The molecule has 0 aliphatic carbocycles. The first-order valence-electron chi connectivity index (χ1n) is 5.54. The third-order valence-electron chi connectivity index (χ3n) is 3.05. The maximum atomic E-state index is 12.9. The zero-order chi connectivity index (χ0) is 12.8. The van der Waals surface area contributed by atoms with Crippen LogP contribution < -0.4 is 0 Å². The Bertz CT molecular complexity index is 726. The molecule has 0 N–H and O–H groups in total. The Morgan fingerprint density at radius 1 is 0.667 bits per heavy atom. The van der Waals surface area contributed by atoms with Crippen molar-refractivity contribution < 1.29 is 13.2 Å². The molecule has 0 amide bonds. The molecule has 0 atom stereocenters. The van der Waals surface area contributed by atoms with Crippen LogP contribution in [0.1, 0.15) is 5.56 Å². The van der Waals surface area contributed by atoms with Gasteiger partial charge in [-0.1, -0.05) is 36.4 Å². The summed E-state index contributed by atoms with van der Waals surface area (Å²) in [7, 11) is 0. The molecule has 0 aliphatic heterocycles. The van der Waals surface area contributed by atoms with E-state index in [9.17, 15) is 13.2 Å². The van der Waals surface area contributed by atoms with Crippen LogP contribution in [0.5, 0.6) is 0 Å². The number of fused-ring (bicyclic) bond motifs is 2. The first kappa shape index (κ1) is 11.1. The molecule has 0 saturated heterocycles. The maximum Gasteiger partial charge on any atom is 0.417 e. The van der Waals surface area contributed by atoms with Gasteiger partial charge in [0.25, 0.3) is 0 Å². The zero-order valence-corrected chi connectivity index (χ0v) is 9.33. The molecule has 0 aliphatic rings.